The Hall–Kier alpha value is -2.08. The second-order valence-electron chi connectivity index (χ2n) is 6.75. The Kier molecular flexibility index (Phi) is 2.68. The molecule has 0 amide bonds. The average molecular weight is 272 g/mol. The van der Waals surface area contributed by atoms with E-state index in [1.165, 1.54) is 22.3 Å². The van der Waals surface area contributed by atoms with Gasteiger partial charge in [-0.15, -0.1) is 0 Å². The van der Waals surface area contributed by atoms with Crippen molar-refractivity contribution in [1.82, 2.24) is 0 Å². The fraction of sp³-hybridized carbons (Fsp3) is 0.238. The van der Waals surface area contributed by atoms with Crippen LogP contribution in [-0.4, -0.2) is 0 Å². The third-order valence-corrected chi connectivity index (χ3v) is 5.20. The largest absolute Gasteiger partial charge is 0.0758 e. The lowest BCUT2D eigenvalue weighted by atomic mass is 9.66. The molecular weight excluding hydrogens is 252 g/mol. The van der Waals surface area contributed by atoms with E-state index in [1.54, 1.807) is 0 Å². The van der Waals surface area contributed by atoms with Crippen molar-refractivity contribution in [3.05, 3.63) is 82.9 Å². The molecule has 2 aromatic carbocycles. The molecule has 0 bridgehead atoms. The van der Waals surface area contributed by atoms with Crippen LogP contribution >= 0.6 is 0 Å². The summed E-state index contributed by atoms with van der Waals surface area (Å²) in [7, 11) is 0. The Labute approximate surface area is 126 Å². The molecule has 0 heterocycles. The molecule has 2 aromatic rings. The normalized spacial score (nSPS) is 22.4. The summed E-state index contributed by atoms with van der Waals surface area (Å²) in [6.07, 6.45) is 9.34. The lowest BCUT2D eigenvalue weighted by Crippen LogP contribution is -2.26. The molecule has 0 nitrogen and oxygen atoms in total. The molecule has 0 unspecified atom stereocenters. The minimum absolute atomic E-state index is 0.173. The van der Waals surface area contributed by atoms with E-state index in [2.05, 4.69) is 86.7 Å². The molecule has 0 fully saturated rings. The van der Waals surface area contributed by atoms with Crippen molar-refractivity contribution < 1.29 is 0 Å². The van der Waals surface area contributed by atoms with Gasteiger partial charge in [-0.2, -0.15) is 0 Å². The van der Waals surface area contributed by atoms with Gasteiger partial charge in [0.2, 0.25) is 0 Å². The molecule has 0 aliphatic heterocycles. The van der Waals surface area contributed by atoms with Crippen LogP contribution in [0.2, 0.25) is 0 Å². The van der Waals surface area contributed by atoms with Crippen LogP contribution in [0.4, 0.5) is 0 Å². The van der Waals surface area contributed by atoms with Crippen molar-refractivity contribution in [2.45, 2.75) is 25.7 Å². The first-order chi connectivity index (χ1) is 10.2. The molecule has 0 N–H and O–H groups in total. The van der Waals surface area contributed by atoms with Crippen molar-refractivity contribution in [3.8, 4) is 0 Å². The zero-order valence-corrected chi connectivity index (χ0v) is 12.6. The van der Waals surface area contributed by atoms with Gasteiger partial charge >= 0.3 is 0 Å². The fourth-order valence-electron chi connectivity index (χ4n) is 3.99. The molecule has 21 heavy (non-hydrogen) atoms. The lowest BCUT2D eigenvalue weighted by Gasteiger charge is -2.37. The van der Waals surface area contributed by atoms with E-state index in [1.807, 2.05) is 0 Å². The first-order valence-electron chi connectivity index (χ1n) is 7.72. The highest BCUT2D eigenvalue weighted by Crippen LogP contribution is 2.53. The van der Waals surface area contributed by atoms with Gasteiger partial charge in [0, 0.05) is 11.8 Å². The first kappa shape index (κ1) is 12.6. The highest BCUT2D eigenvalue weighted by atomic mass is 14.4. The Morgan fingerprint density at radius 1 is 0.667 bits per heavy atom. The quantitative estimate of drug-likeness (QED) is 0.664. The second kappa shape index (κ2) is 4.46. The Balaban J connectivity index is 1.76. The van der Waals surface area contributed by atoms with E-state index in [0.717, 1.165) is 0 Å². The van der Waals surface area contributed by atoms with Crippen LogP contribution in [0.15, 0.2) is 60.7 Å². The standard InChI is InChI=1S/C21H20/c1-21(2,19-13-11-15-7-3-5-9-17(15)19)20-14-12-16-8-4-6-10-18(16)20/h3-14,19-20H,1-2H3/t19-,20-/m0/s1. The predicted octanol–water partition coefficient (Wildman–Crippen LogP) is 5.63. The smallest absolute Gasteiger partial charge is 0.00872 e. The number of allylic oxidation sites excluding steroid dienone is 2. The first-order valence-corrected chi connectivity index (χ1v) is 7.72. The minimum Gasteiger partial charge on any atom is -0.0758 e. The minimum atomic E-state index is 0.173. The van der Waals surface area contributed by atoms with Crippen LogP contribution in [0.1, 0.15) is 47.9 Å². The van der Waals surface area contributed by atoms with Gasteiger partial charge in [0.25, 0.3) is 0 Å². The lowest BCUT2D eigenvalue weighted by molar-refractivity contribution is 0.292. The fourth-order valence-corrected chi connectivity index (χ4v) is 3.99. The molecular formula is C21H20. The van der Waals surface area contributed by atoms with Crippen LogP contribution in [-0.2, 0) is 0 Å². The molecule has 0 heteroatoms. The molecule has 2 aliphatic carbocycles. The van der Waals surface area contributed by atoms with Gasteiger partial charge in [0.05, 0.1) is 0 Å². The summed E-state index contributed by atoms with van der Waals surface area (Å²) < 4.78 is 0. The topological polar surface area (TPSA) is 0 Å². The third kappa shape index (κ3) is 1.82. The Morgan fingerprint density at radius 3 is 1.57 bits per heavy atom. The molecule has 2 aliphatic rings. The highest BCUT2D eigenvalue weighted by Gasteiger charge is 2.40. The molecule has 104 valence electrons. The molecule has 0 saturated carbocycles. The van der Waals surface area contributed by atoms with E-state index in [9.17, 15) is 0 Å². The molecule has 0 saturated heterocycles. The van der Waals surface area contributed by atoms with Crippen LogP contribution in [0, 0.1) is 5.41 Å². The Bertz CT molecular complexity index is 683. The molecule has 2 atom stereocenters. The maximum atomic E-state index is 2.40. The van der Waals surface area contributed by atoms with Gasteiger partial charge in [0.1, 0.15) is 0 Å². The molecule has 4 rings (SSSR count). The van der Waals surface area contributed by atoms with Crippen LogP contribution in [0.3, 0.4) is 0 Å². The highest BCUT2D eigenvalue weighted by molar-refractivity contribution is 5.66. The van der Waals surface area contributed by atoms with Gasteiger partial charge < -0.3 is 0 Å². The van der Waals surface area contributed by atoms with Crippen molar-refractivity contribution in [2.24, 2.45) is 5.41 Å². The van der Waals surface area contributed by atoms with Gasteiger partial charge in [-0.1, -0.05) is 86.7 Å². The average Bonchev–Trinajstić information content (AvgIpc) is 3.12. The van der Waals surface area contributed by atoms with Crippen molar-refractivity contribution in [1.29, 1.82) is 0 Å². The second-order valence-corrected chi connectivity index (χ2v) is 6.75. The number of fused-ring (bicyclic) bond motifs is 2. The summed E-state index contributed by atoms with van der Waals surface area (Å²) in [5, 5.41) is 0. The zero-order valence-electron chi connectivity index (χ0n) is 12.6. The third-order valence-electron chi connectivity index (χ3n) is 5.20. The van der Waals surface area contributed by atoms with Gasteiger partial charge in [0.15, 0.2) is 0 Å². The predicted molar refractivity (Wildman–Crippen MR) is 90.2 cm³/mol. The summed E-state index contributed by atoms with van der Waals surface area (Å²) >= 11 is 0. The van der Waals surface area contributed by atoms with Crippen LogP contribution < -0.4 is 0 Å². The number of hydrogen-bond acceptors (Lipinski definition) is 0. The summed E-state index contributed by atoms with van der Waals surface area (Å²) in [5.74, 6) is 0.962. The van der Waals surface area contributed by atoms with E-state index in [-0.39, 0.29) is 5.41 Å². The number of hydrogen-bond donors (Lipinski definition) is 0. The molecule has 0 radical (unpaired) electrons. The van der Waals surface area contributed by atoms with Gasteiger partial charge in [-0.3, -0.25) is 0 Å². The summed E-state index contributed by atoms with van der Waals surface area (Å²) in [6.45, 7) is 4.81. The SMILES string of the molecule is CC(C)([C@H]1C=Cc2ccccc21)[C@H]1C=Cc2ccccc21. The summed E-state index contributed by atoms with van der Waals surface area (Å²) in [6, 6.07) is 17.6. The number of benzene rings is 2. The maximum Gasteiger partial charge on any atom is 0.00872 e. The van der Waals surface area contributed by atoms with E-state index < -0.39 is 0 Å². The number of rotatable bonds is 2. The van der Waals surface area contributed by atoms with Crippen LogP contribution in [0.25, 0.3) is 12.2 Å². The molecule has 0 aromatic heterocycles. The summed E-state index contributed by atoms with van der Waals surface area (Å²) in [4.78, 5) is 0. The zero-order chi connectivity index (χ0) is 14.4. The Morgan fingerprint density at radius 2 is 1.10 bits per heavy atom. The summed E-state index contributed by atoms with van der Waals surface area (Å²) in [5.41, 5.74) is 5.88. The molecule has 0 spiro atoms. The van der Waals surface area contributed by atoms with Crippen molar-refractivity contribution >= 4 is 12.2 Å². The van der Waals surface area contributed by atoms with Gasteiger partial charge in [-0.25, -0.2) is 0 Å². The van der Waals surface area contributed by atoms with E-state index in [4.69, 9.17) is 0 Å². The van der Waals surface area contributed by atoms with Gasteiger partial charge in [-0.05, 0) is 27.7 Å². The monoisotopic (exact) mass is 272 g/mol. The van der Waals surface area contributed by atoms with E-state index >= 15 is 0 Å². The maximum absolute atomic E-state index is 2.40. The van der Waals surface area contributed by atoms with Crippen molar-refractivity contribution in [2.75, 3.05) is 0 Å². The van der Waals surface area contributed by atoms with Crippen molar-refractivity contribution in [3.63, 3.8) is 0 Å². The van der Waals surface area contributed by atoms with E-state index in [0.29, 0.717) is 11.8 Å². The van der Waals surface area contributed by atoms with Crippen LogP contribution in [0.5, 0.6) is 0 Å².